The van der Waals surface area contributed by atoms with E-state index >= 15 is 0 Å². The van der Waals surface area contributed by atoms with Crippen molar-refractivity contribution in [1.82, 2.24) is 9.80 Å². The fourth-order valence-electron chi connectivity index (χ4n) is 5.08. The minimum absolute atomic E-state index is 0.0385. The summed E-state index contributed by atoms with van der Waals surface area (Å²) < 4.78 is 14.1. The molecule has 0 radical (unpaired) electrons. The van der Waals surface area contributed by atoms with Gasteiger partial charge in [-0.15, -0.1) is 0 Å². The summed E-state index contributed by atoms with van der Waals surface area (Å²) in [7, 11) is 0. The molecule has 3 heterocycles. The van der Waals surface area contributed by atoms with Gasteiger partial charge in [-0.3, -0.25) is 19.3 Å². The van der Waals surface area contributed by atoms with Gasteiger partial charge in [0.05, 0.1) is 16.9 Å². The molecule has 8 heteroatoms. The molecule has 0 saturated carbocycles. The molecule has 5 rings (SSSR count). The third-order valence-electron chi connectivity index (χ3n) is 6.86. The molecule has 3 amide bonds. The minimum atomic E-state index is -0.854. The normalized spacial score (nSPS) is 22.8. The highest BCUT2D eigenvalue weighted by molar-refractivity contribution is 6.11. The van der Waals surface area contributed by atoms with Crippen molar-refractivity contribution in [1.29, 1.82) is 0 Å². The first-order valence-corrected chi connectivity index (χ1v) is 10.9. The molecule has 2 aromatic rings. The van der Waals surface area contributed by atoms with E-state index in [4.69, 9.17) is 0 Å². The number of nitrogens with zero attached hydrogens (tertiary/aromatic N) is 4. The van der Waals surface area contributed by atoms with Gasteiger partial charge in [0.2, 0.25) is 11.8 Å². The van der Waals surface area contributed by atoms with Gasteiger partial charge in [-0.2, -0.15) is 0 Å². The van der Waals surface area contributed by atoms with Crippen molar-refractivity contribution < 1.29 is 18.8 Å². The van der Waals surface area contributed by atoms with Gasteiger partial charge in [0, 0.05) is 32.6 Å². The molecular formula is C24H25FN4O3. The van der Waals surface area contributed by atoms with Crippen molar-refractivity contribution in [3.05, 3.63) is 59.9 Å². The first-order chi connectivity index (χ1) is 15.4. The Morgan fingerprint density at radius 3 is 2.34 bits per heavy atom. The molecule has 1 atom stereocenters. The van der Waals surface area contributed by atoms with Crippen molar-refractivity contribution in [3.8, 4) is 0 Å². The monoisotopic (exact) mass is 436 g/mol. The van der Waals surface area contributed by atoms with Gasteiger partial charge in [0.15, 0.2) is 0 Å². The smallest absolute Gasteiger partial charge is 0.258 e. The van der Waals surface area contributed by atoms with Gasteiger partial charge in [0.1, 0.15) is 18.0 Å². The molecule has 2 saturated heterocycles. The lowest BCUT2D eigenvalue weighted by Crippen LogP contribution is -2.64. The van der Waals surface area contributed by atoms with Crippen LogP contribution in [-0.2, 0) is 9.59 Å². The van der Waals surface area contributed by atoms with Crippen LogP contribution in [0.4, 0.5) is 15.8 Å². The second-order valence-corrected chi connectivity index (χ2v) is 8.67. The van der Waals surface area contributed by atoms with E-state index in [0.717, 1.165) is 0 Å². The maximum absolute atomic E-state index is 14.1. The number of hydrogen-bond donors (Lipinski definition) is 0. The van der Waals surface area contributed by atoms with Crippen LogP contribution in [0.2, 0.25) is 0 Å². The molecule has 1 unspecified atom stereocenters. The Balaban J connectivity index is 1.33. The van der Waals surface area contributed by atoms with E-state index < -0.39 is 5.66 Å². The number of amides is 3. The number of anilines is 2. The summed E-state index contributed by atoms with van der Waals surface area (Å²) in [5, 5.41) is 0. The van der Waals surface area contributed by atoms with Gasteiger partial charge >= 0.3 is 0 Å². The summed E-state index contributed by atoms with van der Waals surface area (Å²) >= 11 is 0. The molecule has 0 bridgehead atoms. The third-order valence-corrected chi connectivity index (χ3v) is 6.86. The summed E-state index contributed by atoms with van der Waals surface area (Å²) in [6, 6.07) is 13.7. The third kappa shape index (κ3) is 3.13. The van der Waals surface area contributed by atoms with Crippen molar-refractivity contribution in [2.75, 3.05) is 42.5 Å². The number of halogens is 1. The number of benzene rings is 2. The molecule has 2 aromatic carbocycles. The van der Waals surface area contributed by atoms with Crippen molar-refractivity contribution >= 4 is 29.1 Å². The molecule has 166 valence electrons. The molecular weight excluding hydrogens is 411 g/mol. The fourth-order valence-corrected chi connectivity index (χ4v) is 5.08. The Kier molecular flexibility index (Phi) is 4.87. The molecule has 2 fully saturated rings. The van der Waals surface area contributed by atoms with Gasteiger partial charge in [-0.25, -0.2) is 4.39 Å². The standard InChI is InChI=1S/C24H25FN4O3/c1-24-11-10-21(30)29(24)19-8-4-2-6-17(19)23(32)28(24)16-22(31)27-14-12-26(13-15-27)20-9-5-3-7-18(20)25/h2-9H,10-16H2,1H3. The maximum Gasteiger partial charge on any atom is 0.258 e. The van der Waals surface area contributed by atoms with Crippen molar-refractivity contribution in [3.63, 3.8) is 0 Å². The van der Waals surface area contributed by atoms with Crippen LogP contribution in [0.15, 0.2) is 48.5 Å². The number of para-hydroxylation sites is 2. The highest BCUT2D eigenvalue weighted by atomic mass is 19.1. The van der Waals surface area contributed by atoms with Crippen LogP contribution < -0.4 is 9.80 Å². The van der Waals surface area contributed by atoms with Gasteiger partial charge in [-0.1, -0.05) is 24.3 Å². The van der Waals surface area contributed by atoms with Gasteiger partial charge < -0.3 is 14.7 Å². The van der Waals surface area contributed by atoms with Crippen LogP contribution in [0.1, 0.15) is 30.1 Å². The van der Waals surface area contributed by atoms with Crippen molar-refractivity contribution in [2.45, 2.75) is 25.4 Å². The van der Waals surface area contributed by atoms with Crippen molar-refractivity contribution in [2.24, 2.45) is 0 Å². The molecule has 3 aliphatic heterocycles. The molecule has 7 nitrogen and oxygen atoms in total. The number of carbonyl (C=O) groups is 3. The second kappa shape index (κ2) is 7.62. The number of fused-ring (bicyclic) bond motifs is 3. The summed E-state index contributed by atoms with van der Waals surface area (Å²) in [6.45, 7) is 3.70. The van der Waals surface area contributed by atoms with E-state index in [1.807, 2.05) is 17.9 Å². The number of carbonyl (C=O) groups excluding carboxylic acids is 3. The minimum Gasteiger partial charge on any atom is -0.366 e. The van der Waals surface area contributed by atoms with Crippen LogP contribution in [0.3, 0.4) is 0 Å². The highest BCUT2D eigenvalue weighted by Crippen LogP contribution is 2.43. The first kappa shape index (κ1) is 20.5. The molecule has 0 aliphatic carbocycles. The predicted octanol–water partition coefficient (Wildman–Crippen LogP) is 2.47. The molecule has 0 spiro atoms. The largest absolute Gasteiger partial charge is 0.366 e. The zero-order valence-electron chi connectivity index (χ0n) is 18.0. The Labute approximate surface area is 186 Å². The molecule has 3 aliphatic rings. The zero-order valence-corrected chi connectivity index (χ0v) is 18.0. The molecule has 32 heavy (non-hydrogen) atoms. The lowest BCUT2D eigenvalue weighted by molar-refractivity contribution is -0.133. The number of rotatable bonds is 3. The van der Waals surface area contributed by atoms with E-state index in [2.05, 4.69) is 0 Å². The Morgan fingerprint density at radius 2 is 1.62 bits per heavy atom. The topological polar surface area (TPSA) is 64.2 Å². The Morgan fingerprint density at radius 1 is 0.969 bits per heavy atom. The highest BCUT2D eigenvalue weighted by Gasteiger charge is 2.53. The number of hydrogen-bond acceptors (Lipinski definition) is 4. The summed E-state index contributed by atoms with van der Waals surface area (Å²) in [4.78, 5) is 46.1. The fraction of sp³-hybridized carbons (Fsp3) is 0.375. The lowest BCUT2D eigenvalue weighted by atomic mass is 9.98. The number of piperazine rings is 1. The van der Waals surface area contributed by atoms with E-state index in [9.17, 15) is 18.8 Å². The van der Waals surface area contributed by atoms with Crippen LogP contribution in [0, 0.1) is 5.82 Å². The maximum atomic E-state index is 14.1. The van der Waals surface area contributed by atoms with Gasteiger partial charge in [-0.05, 0) is 37.6 Å². The lowest BCUT2D eigenvalue weighted by Gasteiger charge is -2.49. The van der Waals surface area contributed by atoms with E-state index in [1.54, 1.807) is 51.1 Å². The Hall–Kier alpha value is -3.42. The van der Waals surface area contributed by atoms with E-state index in [-0.39, 0.29) is 30.1 Å². The quantitative estimate of drug-likeness (QED) is 0.742. The average Bonchev–Trinajstić information content (AvgIpc) is 3.12. The first-order valence-electron chi connectivity index (χ1n) is 10.9. The van der Waals surface area contributed by atoms with Crippen LogP contribution in [0.5, 0.6) is 0 Å². The Bertz CT molecular complexity index is 1100. The zero-order chi connectivity index (χ0) is 22.5. The van der Waals surface area contributed by atoms with E-state index in [0.29, 0.717) is 56.0 Å². The van der Waals surface area contributed by atoms with Crippen LogP contribution in [-0.4, -0.2) is 65.9 Å². The second-order valence-electron chi connectivity index (χ2n) is 8.67. The average molecular weight is 436 g/mol. The van der Waals surface area contributed by atoms with E-state index in [1.165, 1.54) is 6.07 Å². The summed E-state index contributed by atoms with van der Waals surface area (Å²) in [5.74, 6) is -0.703. The summed E-state index contributed by atoms with van der Waals surface area (Å²) in [5.41, 5.74) is 0.741. The van der Waals surface area contributed by atoms with Crippen LogP contribution >= 0.6 is 0 Å². The predicted molar refractivity (Wildman–Crippen MR) is 118 cm³/mol. The SMILES string of the molecule is CC12CCC(=O)N1c1ccccc1C(=O)N2CC(=O)N1CCN(c2ccccc2F)CC1. The van der Waals surface area contributed by atoms with Gasteiger partial charge in [0.25, 0.3) is 5.91 Å². The summed E-state index contributed by atoms with van der Waals surface area (Å²) in [6.07, 6.45) is 0.824. The molecule has 0 aromatic heterocycles. The molecule has 0 N–H and O–H groups in total. The van der Waals surface area contributed by atoms with Crippen LogP contribution in [0.25, 0.3) is 0 Å².